The minimum atomic E-state index is -4.27. The summed E-state index contributed by atoms with van der Waals surface area (Å²) < 4.78 is 32.7. The molecule has 0 aromatic carbocycles. The highest BCUT2D eigenvalue weighted by atomic mass is 31.2. The molecule has 0 aliphatic rings. The van der Waals surface area contributed by atoms with E-state index in [0.717, 1.165) is 70.6 Å². The molecule has 8 nitrogen and oxygen atoms in total. The van der Waals surface area contributed by atoms with Crippen LogP contribution in [0.25, 0.3) is 0 Å². The maximum atomic E-state index is 12.1. The zero-order valence-electron chi connectivity index (χ0n) is 25.9. The standard InChI is InChI=1S/C33H56NO7P/c1-3-5-7-8-9-10-11-12-13-14-15-16-17-18-19-20-21-22-23-25-28-38-30-32(41-33(35)26-24-6-4-2)31-40-42(36,37)39-29-27-34/h5,7,9-10,12-13,15-16,18-19,21-22,32H,3-4,6,8,11,14,17,20,23-31,34H2,1-2H3,(H,36,37)/b7-5-,10-9-,13-12-,16-15-,19-18-,22-21-. The third-order valence-electron chi connectivity index (χ3n) is 5.64. The Bertz CT molecular complexity index is 864. The molecule has 0 saturated heterocycles. The van der Waals surface area contributed by atoms with Crippen LogP contribution in [-0.2, 0) is 27.9 Å². The van der Waals surface area contributed by atoms with Gasteiger partial charge in [-0.2, -0.15) is 0 Å². The van der Waals surface area contributed by atoms with Gasteiger partial charge in [-0.3, -0.25) is 13.8 Å². The average Bonchev–Trinajstić information content (AvgIpc) is 2.97. The molecule has 0 heterocycles. The van der Waals surface area contributed by atoms with Crippen molar-refractivity contribution in [2.75, 3.05) is 33.0 Å². The van der Waals surface area contributed by atoms with Crippen LogP contribution in [0.2, 0.25) is 0 Å². The average molecular weight is 610 g/mol. The molecule has 2 unspecified atom stereocenters. The molecule has 0 aromatic rings. The Kier molecular flexibility index (Phi) is 28.9. The van der Waals surface area contributed by atoms with Crippen LogP contribution in [0.3, 0.4) is 0 Å². The number of ether oxygens (including phenoxy) is 2. The summed E-state index contributed by atoms with van der Waals surface area (Å²) in [5, 5.41) is 0. The van der Waals surface area contributed by atoms with Gasteiger partial charge in [0.1, 0.15) is 6.10 Å². The summed E-state index contributed by atoms with van der Waals surface area (Å²) in [7, 11) is -4.27. The molecule has 0 fully saturated rings. The van der Waals surface area contributed by atoms with Crippen molar-refractivity contribution in [1.29, 1.82) is 0 Å². The van der Waals surface area contributed by atoms with Crippen LogP contribution in [0.5, 0.6) is 0 Å². The van der Waals surface area contributed by atoms with Crippen molar-refractivity contribution < 1.29 is 32.8 Å². The van der Waals surface area contributed by atoms with Crippen LogP contribution in [0.1, 0.15) is 90.9 Å². The maximum absolute atomic E-state index is 12.1. The minimum Gasteiger partial charge on any atom is -0.457 e. The summed E-state index contributed by atoms with van der Waals surface area (Å²) in [5.41, 5.74) is 5.29. The fourth-order valence-electron chi connectivity index (χ4n) is 3.42. The van der Waals surface area contributed by atoms with Gasteiger partial charge in [-0.25, -0.2) is 4.57 Å². The summed E-state index contributed by atoms with van der Waals surface area (Å²) in [6.07, 6.45) is 35.8. The smallest absolute Gasteiger partial charge is 0.457 e. The molecule has 0 saturated carbocycles. The largest absolute Gasteiger partial charge is 0.472 e. The second-order valence-electron chi connectivity index (χ2n) is 9.59. The van der Waals surface area contributed by atoms with Crippen LogP contribution < -0.4 is 5.73 Å². The maximum Gasteiger partial charge on any atom is 0.472 e. The van der Waals surface area contributed by atoms with E-state index in [1.54, 1.807) is 0 Å². The molecule has 240 valence electrons. The van der Waals surface area contributed by atoms with Crippen molar-refractivity contribution in [3.63, 3.8) is 0 Å². The van der Waals surface area contributed by atoms with E-state index in [0.29, 0.717) is 6.61 Å². The van der Waals surface area contributed by atoms with E-state index in [1.165, 1.54) is 0 Å². The van der Waals surface area contributed by atoms with E-state index in [2.05, 4.69) is 86.8 Å². The molecule has 9 heteroatoms. The van der Waals surface area contributed by atoms with Gasteiger partial charge in [0, 0.05) is 19.6 Å². The highest BCUT2D eigenvalue weighted by molar-refractivity contribution is 7.47. The Hall–Kier alpha value is -2.06. The molecular formula is C33H56NO7P. The first-order valence-corrected chi connectivity index (χ1v) is 16.9. The van der Waals surface area contributed by atoms with Crippen molar-refractivity contribution in [2.45, 2.75) is 97.0 Å². The molecule has 2 atom stereocenters. The Labute approximate surface area is 255 Å². The van der Waals surface area contributed by atoms with Crippen LogP contribution in [0, 0.1) is 0 Å². The molecule has 0 bridgehead atoms. The lowest BCUT2D eigenvalue weighted by Crippen LogP contribution is -2.28. The second kappa shape index (κ2) is 30.4. The molecule has 0 rings (SSSR count). The van der Waals surface area contributed by atoms with E-state index >= 15 is 0 Å². The first-order valence-electron chi connectivity index (χ1n) is 15.4. The van der Waals surface area contributed by atoms with Gasteiger partial charge in [0.05, 0.1) is 19.8 Å². The Balaban J connectivity index is 4.09. The molecule has 0 radical (unpaired) electrons. The number of rotatable bonds is 28. The number of unbranched alkanes of at least 4 members (excludes halogenated alkanes) is 3. The quantitative estimate of drug-likeness (QED) is 0.0396. The van der Waals surface area contributed by atoms with Crippen molar-refractivity contribution in [1.82, 2.24) is 0 Å². The van der Waals surface area contributed by atoms with Crippen molar-refractivity contribution >= 4 is 13.8 Å². The normalized spacial score (nSPS) is 14.9. The summed E-state index contributed by atoms with van der Waals surface area (Å²) in [6.45, 7) is 4.41. The lowest BCUT2D eigenvalue weighted by atomic mass is 10.2. The zero-order valence-corrected chi connectivity index (χ0v) is 26.8. The van der Waals surface area contributed by atoms with Gasteiger partial charge in [-0.1, -0.05) is 99.6 Å². The zero-order chi connectivity index (χ0) is 31.0. The molecule has 0 aliphatic heterocycles. The van der Waals surface area contributed by atoms with Crippen LogP contribution in [0.4, 0.5) is 0 Å². The van der Waals surface area contributed by atoms with Crippen LogP contribution in [0.15, 0.2) is 72.9 Å². The van der Waals surface area contributed by atoms with Gasteiger partial charge in [0.2, 0.25) is 0 Å². The summed E-state index contributed by atoms with van der Waals surface area (Å²) in [5.74, 6) is -0.380. The second-order valence-corrected chi connectivity index (χ2v) is 11.0. The number of carbonyl (C=O) groups excluding carboxylic acids is 1. The lowest BCUT2D eigenvalue weighted by Gasteiger charge is -2.20. The molecule has 0 amide bonds. The summed E-state index contributed by atoms with van der Waals surface area (Å²) in [6, 6.07) is 0. The van der Waals surface area contributed by atoms with E-state index in [9.17, 15) is 14.3 Å². The van der Waals surface area contributed by atoms with Gasteiger partial charge >= 0.3 is 13.8 Å². The molecule has 0 aliphatic carbocycles. The SMILES string of the molecule is CC/C=C\C/C=C\C/C=C\C/C=C\C/C=C\C/C=C\CCCOCC(COP(=O)(O)OCCN)OC(=O)CCCCC. The lowest BCUT2D eigenvalue weighted by molar-refractivity contribution is -0.154. The highest BCUT2D eigenvalue weighted by Crippen LogP contribution is 2.43. The Morgan fingerprint density at radius 1 is 0.738 bits per heavy atom. The number of hydrogen-bond donors (Lipinski definition) is 2. The minimum absolute atomic E-state index is 0.0696. The molecular weight excluding hydrogens is 553 g/mol. The number of hydrogen-bond acceptors (Lipinski definition) is 7. The fourth-order valence-corrected chi connectivity index (χ4v) is 4.19. The van der Waals surface area contributed by atoms with Gasteiger partial charge in [0.15, 0.2) is 0 Å². The molecule has 0 aromatic heterocycles. The summed E-state index contributed by atoms with van der Waals surface area (Å²) in [4.78, 5) is 21.8. The van der Waals surface area contributed by atoms with Gasteiger partial charge < -0.3 is 20.1 Å². The Morgan fingerprint density at radius 3 is 1.81 bits per heavy atom. The van der Waals surface area contributed by atoms with E-state index in [-0.39, 0.29) is 38.8 Å². The fraction of sp³-hybridized carbons (Fsp3) is 0.606. The van der Waals surface area contributed by atoms with Gasteiger partial charge in [-0.15, -0.1) is 0 Å². The summed E-state index contributed by atoms with van der Waals surface area (Å²) >= 11 is 0. The number of phosphoric acid groups is 1. The third kappa shape index (κ3) is 29.4. The van der Waals surface area contributed by atoms with E-state index in [1.807, 2.05) is 0 Å². The topological polar surface area (TPSA) is 117 Å². The highest BCUT2D eigenvalue weighted by Gasteiger charge is 2.25. The van der Waals surface area contributed by atoms with Crippen molar-refractivity contribution in [3.05, 3.63) is 72.9 Å². The first-order chi connectivity index (χ1) is 20.4. The van der Waals surface area contributed by atoms with Gasteiger partial charge in [0.25, 0.3) is 0 Å². The van der Waals surface area contributed by atoms with Crippen molar-refractivity contribution in [3.8, 4) is 0 Å². The third-order valence-corrected chi connectivity index (χ3v) is 6.62. The van der Waals surface area contributed by atoms with Gasteiger partial charge in [-0.05, 0) is 57.8 Å². The molecule has 42 heavy (non-hydrogen) atoms. The van der Waals surface area contributed by atoms with E-state index in [4.69, 9.17) is 24.3 Å². The predicted octanol–water partition coefficient (Wildman–Crippen LogP) is 8.07. The molecule has 3 N–H and O–H groups in total. The van der Waals surface area contributed by atoms with Crippen molar-refractivity contribution in [2.24, 2.45) is 5.73 Å². The van der Waals surface area contributed by atoms with Crippen LogP contribution in [-0.4, -0.2) is 49.9 Å². The monoisotopic (exact) mass is 609 g/mol. The number of phosphoric ester groups is 1. The number of esters is 1. The van der Waals surface area contributed by atoms with Crippen LogP contribution >= 0.6 is 7.82 Å². The predicted molar refractivity (Wildman–Crippen MR) is 173 cm³/mol. The Morgan fingerprint density at radius 2 is 1.29 bits per heavy atom. The molecule has 0 spiro atoms. The van der Waals surface area contributed by atoms with E-state index < -0.39 is 13.9 Å². The number of allylic oxidation sites excluding steroid dienone is 12. The number of carbonyl (C=O) groups is 1. The number of nitrogens with two attached hydrogens (primary N) is 1. The first kappa shape index (κ1) is 39.9.